The van der Waals surface area contributed by atoms with Gasteiger partial charge in [-0.3, -0.25) is 0 Å². The van der Waals surface area contributed by atoms with Gasteiger partial charge in [0, 0.05) is 20.1 Å². The minimum Gasteiger partial charge on any atom is -0.124 e. The molecule has 0 spiro atoms. The van der Waals surface area contributed by atoms with Crippen molar-refractivity contribution < 1.29 is 0 Å². The van der Waals surface area contributed by atoms with Crippen molar-refractivity contribution in [1.82, 2.24) is 0 Å². The van der Waals surface area contributed by atoms with Gasteiger partial charge in [0.15, 0.2) is 0 Å². The maximum absolute atomic E-state index is 5.95. The topological polar surface area (TPSA) is 0 Å². The first kappa shape index (κ1) is 11.0. The van der Waals surface area contributed by atoms with Crippen LogP contribution >= 0.6 is 57.6 Å². The van der Waals surface area contributed by atoms with Crippen LogP contribution in [0.5, 0.6) is 0 Å². The van der Waals surface area contributed by atoms with Crippen LogP contribution in [0.25, 0.3) is 0 Å². The molecule has 1 aromatic carbocycles. The van der Waals surface area contributed by atoms with Gasteiger partial charge in [-0.05, 0) is 18.2 Å². The van der Waals surface area contributed by atoms with Crippen LogP contribution < -0.4 is 0 Å². The molecule has 0 radical (unpaired) electrons. The Morgan fingerprint density at radius 1 is 1.33 bits per heavy atom. The fourth-order valence-electron chi connectivity index (χ4n) is 0.736. The van der Waals surface area contributed by atoms with Crippen LogP contribution in [-0.2, 0) is 0 Å². The molecule has 66 valence electrons. The lowest BCUT2D eigenvalue weighted by Crippen LogP contribution is -1.80. The van der Waals surface area contributed by atoms with E-state index in [-0.39, 0.29) is 0 Å². The molecule has 12 heavy (non-hydrogen) atoms. The molecule has 0 N–H and O–H groups in total. The third-order valence-corrected chi connectivity index (χ3v) is 4.23. The fourth-order valence-corrected chi connectivity index (χ4v) is 2.63. The molecule has 1 rings (SSSR count). The summed E-state index contributed by atoms with van der Waals surface area (Å²) in [5.74, 6) is 1.07. The maximum atomic E-state index is 5.95. The molecule has 0 heterocycles. The van der Waals surface area contributed by atoms with E-state index < -0.39 is 0 Å². The lowest BCUT2D eigenvalue weighted by atomic mass is 10.4. The Balaban J connectivity index is 2.75. The second-order valence-corrected chi connectivity index (χ2v) is 5.17. The van der Waals surface area contributed by atoms with E-state index in [1.807, 2.05) is 12.1 Å². The van der Waals surface area contributed by atoms with E-state index in [2.05, 4.69) is 22.6 Å². The van der Waals surface area contributed by atoms with Crippen molar-refractivity contribution in [2.75, 3.05) is 10.2 Å². The van der Waals surface area contributed by atoms with Crippen LogP contribution in [0.2, 0.25) is 10.0 Å². The van der Waals surface area contributed by atoms with Crippen LogP contribution in [0, 0.1) is 0 Å². The minimum atomic E-state index is 0.746. The van der Waals surface area contributed by atoms with Crippen LogP contribution in [0.3, 0.4) is 0 Å². The molecule has 4 heteroatoms. The zero-order valence-corrected chi connectivity index (χ0v) is 10.7. The molecular weight excluding hydrogens is 326 g/mol. The summed E-state index contributed by atoms with van der Waals surface area (Å²) in [5, 5.41) is 1.53. The Labute approximate surface area is 100 Å². The van der Waals surface area contributed by atoms with E-state index in [1.54, 1.807) is 17.8 Å². The molecule has 0 aliphatic rings. The van der Waals surface area contributed by atoms with E-state index in [0.29, 0.717) is 0 Å². The van der Waals surface area contributed by atoms with Crippen LogP contribution in [0.15, 0.2) is 23.1 Å². The predicted molar refractivity (Wildman–Crippen MR) is 66.1 cm³/mol. The molecule has 0 atom stereocenters. The van der Waals surface area contributed by atoms with Crippen LogP contribution in [-0.4, -0.2) is 10.2 Å². The first-order valence-electron chi connectivity index (χ1n) is 3.38. The molecule has 0 nitrogen and oxygen atoms in total. The van der Waals surface area contributed by atoms with Gasteiger partial charge in [-0.25, -0.2) is 0 Å². The average molecular weight is 333 g/mol. The number of rotatable bonds is 3. The Bertz CT molecular complexity index is 265. The van der Waals surface area contributed by atoms with Crippen molar-refractivity contribution in [2.45, 2.75) is 4.90 Å². The van der Waals surface area contributed by atoms with Crippen molar-refractivity contribution in [1.29, 1.82) is 0 Å². The van der Waals surface area contributed by atoms with E-state index >= 15 is 0 Å². The Morgan fingerprint density at radius 2 is 2.08 bits per heavy atom. The number of halogens is 3. The van der Waals surface area contributed by atoms with Crippen molar-refractivity contribution >= 4 is 57.6 Å². The second kappa shape index (κ2) is 5.58. The molecule has 0 aromatic heterocycles. The number of benzene rings is 1. The standard InChI is InChI=1S/C8H7Cl2IS/c9-6-1-2-7(10)8(5-6)12-4-3-11/h1-2,5H,3-4H2. The maximum Gasteiger partial charge on any atom is 0.0542 e. The quantitative estimate of drug-likeness (QED) is 0.445. The summed E-state index contributed by atoms with van der Waals surface area (Å²) in [5.41, 5.74) is 0. The number of hydrogen-bond donors (Lipinski definition) is 0. The van der Waals surface area contributed by atoms with Gasteiger partial charge >= 0.3 is 0 Å². The number of alkyl halides is 1. The van der Waals surface area contributed by atoms with Gasteiger partial charge in [0.2, 0.25) is 0 Å². The summed E-state index contributed by atoms with van der Waals surface area (Å²) in [6.07, 6.45) is 0. The van der Waals surface area contributed by atoms with E-state index in [0.717, 1.165) is 25.1 Å². The van der Waals surface area contributed by atoms with E-state index in [9.17, 15) is 0 Å². The molecule has 0 saturated heterocycles. The smallest absolute Gasteiger partial charge is 0.0542 e. The Kier molecular flexibility index (Phi) is 5.09. The normalized spacial score (nSPS) is 10.2. The lowest BCUT2D eigenvalue weighted by molar-refractivity contribution is 1.44. The van der Waals surface area contributed by atoms with Crippen molar-refractivity contribution in [3.8, 4) is 0 Å². The molecule has 0 aliphatic heterocycles. The third kappa shape index (κ3) is 3.32. The minimum absolute atomic E-state index is 0.746. The zero-order chi connectivity index (χ0) is 8.97. The second-order valence-electron chi connectivity index (χ2n) is 2.11. The summed E-state index contributed by atoms with van der Waals surface area (Å²) < 4.78 is 1.12. The molecule has 0 aliphatic carbocycles. The van der Waals surface area contributed by atoms with Crippen molar-refractivity contribution in [2.24, 2.45) is 0 Å². The van der Waals surface area contributed by atoms with Gasteiger partial charge < -0.3 is 0 Å². The fraction of sp³-hybridized carbons (Fsp3) is 0.250. The Hall–Kier alpha value is 0.880. The first-order valence-corrected chi connectivity index (χ1v) is 6.64. The molecule has 0 saturated carbocycles. The van der Waals surface area contributed by atoms with Gasteiger partial charge in [0.25, 0.3) is 0 Å². The average Bonchev–Trinajstić information content (AvgIpc) is 2.07. The molecule has 0 fully saturated rings. The molecular formula is C8H7Cl2IS. The largest absolute Gasteiger partial charge is 0.124 e. The van der Waals surface area contributed by atoms with Crippen molar-refractivity contribution in [3.63, 3.8) is 0 Å². The van der Waals surface area contributed by atoms with Gasteiger partial charge in [-0.1, -0.05) is 45.8 Å². The lowest BCUT2D eigenvalue weighted by Gasteiger charge is -2.02. The van der Waals surface area contributed by atoms with Crippen molar-refractivity contribution in [3.05, 3.63) is 28.2 Å². The number of hydrogen-bond acceptors (Lipinski definition) is 1. The summed E-state index contributed by atoms with van der Waals surface area (Å²) >= 11 is 15.8. The van der Waals surface area contributed by atoms with Gasteiger partial charge in [0.05, 0.1) is 5.02 Å². The third-order valence-electron chi connectivity index (χ3n) is 1.23. The van der Waals surface area contributed by atoms with E-state index in [4.69, 9.17) is 23.2 Å². The molecule has 1 aromatic rings. The summed E-state index contributed by atoms with van der Waals surface area (Å²) in [6.45, 7) is 0. The monoisotopic (exact) mass is 332 g/mol. The van der Waals surface area contributed by atoms with Crippen LogP contribution in [0.1, 0.15) is 0 Å². The molecule has 0 amide bonds. The Morgan fingerprint density at radius 3 is 2.75 bits per heavy atom. The first-order chi connectivity index (χ1) is 5.74. The highest BCUT2D eigenvalue weighted by Crippen LogP contribution is 2.29. The summed E-state index contributed by atoms with van der Waals surface area (Å²) in [4.78, 5) is 1.07. The van der Waals surface area contributed by atoms with Gasteiger partial charge in [0.1, 0.15) is 0 Å². The summed E-state index contributed by atoms with van der Waals surface area (Å²) in [7, 11) is 0. The zero-order valence-electron chi connectivity index (χ0n) is 6.19. The number of thioether (sulfide) groups is 1. The molecule has 0 bridgehead atoms. The highest BCUT2D eigenvalue weighted by Gasteiger charge is 2.00. The van der Waals surface area contributed by atoms with Gasteiger partial charge in [-0.2, -0.15) is 0 Å². The highest BCUT2D eigenvalue weighted by atomic mass is 127. The van der Waals surface area contributed by atoms with Crippen LogP contribution in [0.4, 0.5) is 0 Å². The summed E-state index contributed by atoms with van der Waals surface area (Å²) in [6, 6.07) is 5.54. The molecule has 0 unspecified atom stereocenters. The SMILES string of the molecule is Clc1ccc(Cl)c(SCCI)c1. The van der Waals surface area contributed by atoms with Gasteiger partial charge in [-0.15, -0.1) is 11.8 Å². The predicted octanol–water partition coefficient (Wildman–Crippen LogP) is 4.52. The highest BCUT2D eigenvalue weighted by molar-refractivity contribution is 14.1. The van der Waals surface area contributed by atoms with E-state index in [1.165, 1.54) is 0 Å².